The zero-order valence-corrected chi connectivity index (χ0v) is 14.5. The van der Waals surface area contributed by atoms with Gasteiger partial charge in [-0.15, -0.1) is 0 Å². The van der Waals surface area contributed by atoms with Crippen LogP contribution in [-0.2, 0) is 6.18 Å². The van der Waals surface area contributed by atoms with Gasteiger partial charge in [0.15, 0.2) is 5.69 Å². The van der Waals surface area contributed by atoms with Gasteiger partial charge in [-0.1, -0.05) is 30.9 Å². The van der Waals surface area contributed by atoms with Crippen molar-refractivity contribution in [3.8, 4) is 0 Å². The minimum absolute atomic E-state index is 0.0305. The van der Waals surface area contributed by atoms with Crippen LogP contribution in [0.4, 0.5) is 35.0 Å². The SMILES string of the molecule is Fc1ccc(Cl)cc1Nc1cc(C(F)(F)F)nc(NC2CCCCC2)n1. The van der Waals surface area contributed by atoms with E-state index in [1.165, 1.54) is 12.1 Å². The molecule has 0 atom stereocenters. The third kappa shape index (κ3) is 4.75. The summed E-state index contributed by atoms with van der Waals surface area (Å²) < 4.78 is 53.4. The van der Waals surface area contributed by atoms with Crippen LogP contribution in [0.25, 0.3) is 0 Å². The standard InChI is InChI=1S/C17H17ClF4N4/c18-10-6-7-12(19)13(8-10)24-15-9-14(17(20,21)22)25-16(26-15)23-11-4-2-1-3-5-11/h6-9,11H,1-5H2,(H2,23,24,25,26). The van der Waals surface area contributed by atoms with E-state index >= 15 is 0 Å². The molecule has 26 heavy (non-hydrogen) atoms. The maximum Gasteiger partial charge on any atom is 0.433 e. The number of anilines is 3. The number of halogens is 5. The second kappa shape index (κ2) is 7.65. The largest absolute Gasteiger partial charge is 0.433 e. The molecule has 2 N–H and O–H groups in total. The van der Waals surface area contributed by atoms with E-state index in [-0.39, 0.29) is 28.5 Å². The first-order valence-electron chi connectivity index (χ1n) is 8.26. The first kappa shape index (κ1) is 18.7. The van der Waals surface area contributed by atoms with Crippen LogP contribution in [-0.4, -0.2) is 16.0 Å². The van der Waals surface area contributed by atoms with Gasteiger partial charge in [0.1, 0.15) is 11.6 Å². The molecule has 140 valence electrons. The third-order valence-corrected chi connectivity index (χ3v) is 4.38. The molecule has 0 unspecified atom stereocenters. The van der Waals surface area contributed by atoms with Gasteiger partial charge in [-0.05, 0) is 31.0 Å². The van der Waals surface area contributed by atoms with Crippen molar-refractivity contribution in [2.45, 2.75) is 44.3 Å². The maximum absolute atomic E-state index is 13.9. The molecule has 3 rings (SSSR count). The Morgan fingerprint density at radius 2 is 1.77 bits per heavy atom. The van der Waals surface area contributed by atoms with Crippen molar-refractivity contribution in [3.05, 3.63) is 40.8 Å². The molecule has 1 aromatic heterocycles. The number of nitrogens with zero attached hydrogens (tertiary/aromatic N) is 2. The summed E-state index contributed by atoms with van der Waals surface area (Å²) in [7, 11) is 0. The van der Waals surface area contributed by atoms with E-state index in [0.29, 0.717) is 0 Å². The number of alkyl halides is 3. The summed E-state index contributed by atoms with van der Waals surface area (Å²) in [5.74, 6) is -0.938. The molecule has 1 aliphatic rings. The Kier molecular flexibility index (Phi) is 5.50. The van der Waals surface area contributed by atoms with Crippen LogP contribution in [0.15, 0.2) is 24.3 Å². The second-order valence-electron chi connectivity index (χ2n) is 6.19. The predicted molar refractivity (Wildman–Crippen MR) is 92.2 cm³/mol. The molecule has 1 aliphatic carbocycles. The molecule has 4 nitrogen and oxygen atoms in total. The van der Waals surface area contributed by atoms with Crippen LogP contribution in [0, 0.1) is 5.82 Å². The molecule has 0 bridgehead atoms. The highest BCUT2D eigenvalue weighted by molar-refractivity contribution is 6.30. The third-order valence-electron chi connectivity index (χ3n) is 4.15. The Morgan fingerprint density at radius 3 is 2.46 bits per heavy atom. The first-order chi connectivity index (χ1) is 12.3. The van der Waals surface area contributed by atoms with Gasteiger partial charge in [0.25, 0.3) is 0 Å². The highest BCUT2D eigenvalue weighted by Crippen LogP contribution is 2.32. The number of rotatable bonds is 4. The summed E-state index contributed by atoms with van der Waals surface area (Å²) in [6.45, 7) is 0. The van der Waals surface area contributed by atoms with Crippen molar-refractivity contribution < 1.29 is 17.6 Å². The highest BCUT2D eigenvalue weighted by Gasteiger charge is 2.34. The fraction of sp³-hybridized carbons (Fsp3) is 0.412. The van der Waals surface area contributed by atoms with E-state index in [1.807, 2.05) is 0 Å². The number of nitrogens with one attached hydrogen (secondary N) is 2. The van der Waals surface area contributed by atoms with Gasteiger partial charge in [0.2, 0.25) is 5.95 Å². The monoisotopic (exact) mass is 388 g/mol. The summed E-state index contributed by atoms with van der Waals surface area (Å²) in [6.07, 6.45) is 0.194. The summed E-state index contributed by atoms with van der Waals surface area (Å²) in [5, 5.41) is 5.77. The lowest BCUT2D eigenvalue weighted by Gasteiger charge is -2.23. The van der Waals surface area contributed by atoms with Crippen molar-refractivity contribution in [1.82, 2.24) is 9.97 Å². The van der Waals surface area contributed by atoms with E-state index < -0.39 is 17.7 Å². The van der Waals surface area contributed by atoms with Gasteiger partial charge < -0.3 is 10.6 Å². The van der Waals surface area contributed by atoms with Crippen LogP contribution in [0.1, 0.15) is 37.8 Å². The molecule has 9 heteroatoms. The van der Waals surface area contributed by atoms with Gasteiger partial charge in [-0.25, -0.2) is 9.37 Å². The molecule has 0 amide bonds. The van der Waals surface area contributed by atoms with E-state index in [1.54, 1.807) is 0 Å². The number of benzene rings is 1. The molecule has 1 aromatic carbocycles. The summed E-state index contributed by atoms with van der Waals surface area (Å²) in [4.78, 5) is 7.64. The van der Waals surface area contributed by atoms with E-state index in [2.05, 4.69) is 20.6 Å². The Balaban J connectivity index is 1.90. The average molecular weight is 389 g/mol. The average Bonchev–Trinajstić information content (AvgIpc) is 2.58. The maximum atomic E-state index is 13.9. The molecule has 0 radical (unpaired) electrons. The van der Waals surface area contributed by atoms with Gasteiger partial charge in [0, 0.05) is 17.1 Å². The molecular weight excluding hydrogens is 372 g/mol. The Hall–Kier alpha value is -2.09. The van der Waals surface area contributed by atoms with Crippen LogP contribution >= 0.6 is 11.6 Å². The fourth-order valence-corrected chi connectivity index (χ4v) is 3.05. The van der Waals surface area contributed by atoms with Crippen molar-refractivity contribution in [2.24, 2.45) is 0 Å². The lowest BCUT2D eigenvalue weighted by Crippen LogP contribution is -2.24. The molecule has 1 saturated carbocycles. The topological polar surface area (TPSA) is 49.8 Å². The summed E-state index contributed by atoms with van der Waals surface area (Å²) >= 11 is 5.82. The zero-order chi connectivity index (χ0) is 18.7. The summed E-state index contributed by atoms with van der Waals surface area (Å²) in [6, 6.07) is 4.52. The van der Waals surface area contributed by atoms with Crippen LogP contribution in [0.2, 0.25) is 5.02 Å². The summed E-state index contributed by atoms with van der Waals surface area (Å²) in [5.41, 5.74) is -1.16. The minimum Gasteiger partial charge on any atom is -0.351 e. The van der Waals surface area contributed by atoms with E-state index in [0.717, 1.165) is 44.2 Å². The first-order valence-corrected chi connectivity index (χ1v) is 8.64. The predicted octanol–water partition coefficient (Wildman–Crippen LogP) is 5.78. The Labute approximate surface area is 153 Å². The van der Waals surface area contributed by atoms with E-state index in [9.17, 15) is 17.6 Å². The van der Waals surface area contributed by atoms with Crippen molar-refractivity contribution >= 4 is 29.1 Å². The quantitative estimate of drug-likeness (QED) is 0.652. The van der Waals surface area contributed by atoms with Gasteiger partial charge in [-0.3, -0.25) is 0 Å². The number of hydrogen-bond donors (Lipinski definition) is 2. The lowest BCUT2D eigenvalue weighted by molar-refractivity contribution is -0.141. The van der Waals surface area contributed by atoms with Crippen LogP contribution in [0.3, 0.4) is 0 Å². The Bertz CT molecular complexity index is 776. The normalized spacial score (nSPS) is 15.7. The van der Waals surface area contributed by atoms with Gasteiger partial charge in [-0.2, -0.15) is 18.2 Å². The van der Waals surface area contributed by atoms with Gasteiger partial charge in [0.05, 0.1) is 5.69 Å². The van der Waals surface area contributed by atoms with Crippen molar-refractivity contribution in [1.29, 1.82) is 0 Å². The van der Waals surface area contributed by atoms with Gasteiger partial charge >= 0.3 is 6.18 Å². The molecule has 1 heterocycles. The second-order valence-corrected chi connectivity index (χ2v) is 6.62. The van der Waals surface area contributed by atoms with E-state index in [4.69, 9.17) is 11.6 Å². The molecule has 0 aliphatic heterocycles. The fourth-order valence-electron chi connectivity index (χ4n) is 2.88. The van der Waals surface area contributed by atoms with Crippen LogP contribution < -0.4 is 10.6 Å². The molecular formula is C17H17ClF4N4. The highest BCUT2D eigenvalue weighted by atomic mass is 35.5. The molecule has 0 saturated heterocycles. The zero-order valence-electron chi connectivity index (χ0n) is 13.7. The number of hydrogen-bond acceptors (Lipinski definition) is 4. The van der Waals surface area contributed by atoms with Crippen molar-refractivity contribution in [3.63, 3.8) is 0 Å². The molecule has 0 spiro atoms. The van der Waals surface area contributed by atoms with Crippen LogP contribution in [0.5, 0.6) is 0 Å². The lowest BCUT2D eigenvalue weighted by atomic mass is 9.96. The molecule has 2 aromatic rings. The molecule has 1 fully saturated rings. The number of aromatic nitrogens is 2. The smallest absolute Gasteiger partial charge is 0.351 e. The van der Waals surface area contributed by atoms with Crippen molar-refractivity contribution in [2.75, 3.05) is 10.6 Å². The minimum atomic E-state index is -4.64. The Morgan fingerprint density at radius 1 is 1.04 bits per heavy atom.